The molecule has 1 aliphatic heterocycles. The molecule has 1 saturated carbocycles. The van der Waals surface area contributed by atoms with E-state index in [1.807, 2.05) is 60.7 Å². The third kappa shape index (κ3) is 6.17. The molecule has 1 N–H and O–H groups in total. The van der Waals surface area contributed by atoms with Gasteiger partial charge in [0.25, 0.3) is 0 Å². The molecule has 0 bridgehead atoms. The molecule has 0 aromatic heterocycles. The minimum absolute atomic E-state index is 0. The molecule has 1 aliphatic carbocycles. The van der Waals surface area contributed by atoms with Crippen molar-refractivity contribution in [3.8, 4) is 5.75 Å². The molecule has 5 nitrogen and oxygen atoms in total. The Bertz CT molecular complexity index is 874. The summed E-state index contributed by atoms with van der Waals surface area (Å²) in [5.41, 5.74) is -0.891. The maximum absolute atomic E-state index is 13.3. The van der Waals surface area contributed by atoms with Gasteiger partial charge in [-0.1, -0.05) is 61.4 Å². The number of ether oxygens (including phenoxy) is 2. The summed E-state index contributed by atoms with van der Waals surface area (Å²) in [4.78, 5) is 13.3. The van der Waals surface area contributed by atoms with Crippen LogP contribution in [0.4, 0.5) is 0 Å². The number of likely N-dealkylation sites (tertiary alicyclic amines) is 1. The number of para-hydroxylation sites is 1. The van der Waals surface area contributed by atoms with E-state index < -0.39 is 11.6 Å². The van der Waals surface area contributed by atoms with Crippen molar-refractivity contribution in [3.63, 3.8) is 0 Å². The van der Waals surface area contributed by atoms with Crippen LogP contribution in [-0.2, 0) is 15.1 Å². The monoisotopic (exact) mass is 517 g/mol. The third-order valence-electron chi connectivity index (χ3n) is 7.23. The summed E-state index contributed by atoms with van der Waals surface area (Å²) < 4.78 is 12.7. The van der Waals surface area contributed by atoms with Crippen molar-refractivity contribution < 1.29 is 40.8 Å². The van der Waals surface area contributed by atoms with Gasteiger partial charge in [-0.05, 0) is 30.5 Å². The first-order chi connectivity index (χ1) is 15.5. The predicted molar refractivity (Wildman–Crippen MR) is 124 cm³/mol. The minimum Gasteiger partial charge on any atom is -1.00 e. The third-order valence-corrected chi connectivity index (χ3v) is 7.23. The van der Waals surface area contributed by atoms with Crippen LogP contribution in [0.3, 0.4) is 0 Å². The van der Waals surface area contributed by atoms with Crippen LogP contribution in [0.5, 0.6) is 5.75 Å². The number of hydrogen-bond donors (Lipinski definition) is 1. The van der Waals surface area contributed by atoms with Gasteiger partial charge in [-0.25, -0.2) is 4.79 Å². The van der Waals surface area contributed by atoms with Gasteiger partial charge in [-0.2, -0.15) is 0 Å². The fourth-order valence-corrected chi connectivity index (χ4v) is 5.38. The number of benzene rings is 2. The first kappa shape index (κ1) is 25.7. The molecule has 0 radical (unpaired) electrons. The van der Waals surface area contributed by atoms with Crippen LogP contribution < -0.4 is 21.7 Å². The molecule has 180 valence electrons. The van der Waals surface area contributed by atoms with Gasteiger partial charge in [0, 0.05) is 18.8 Å². The van der Waals surface area contributed by atoms with Crippen LogP contribution >= 0.6 is 0 Å². The molecule has 4 rings (SSSR count). The average molecular weight is 518 g/mol. The topological polar surface area (TPSA) is 55.8 Å². The summed E-state index contributed by atoms with van der Waals surface area (Å²) in [6.45, 7) is 3.41. The normalized spacial score (nSPS) is 24.6. The Hall–Kier alpha value is -1.89. The summed E-state index contributed by atoms with van der Waals surface area (Å²) in [6.07, 6.45) is 5.45. The Morgan fingerprint density at radius 2 is 1.67 bits per heavy atom. The van der Waals surface area contributed by atoms with Crippen molar-refractivity contribution >= 4 is 5.97 Å². The molecular formula is C27H36BrNO4. The SMILES string of the molecule is C[N+]1(CCCOc2ccccc2)CC[C@@H](OC(=O)[C@](O)(c2ccccc2)C2CCCC2)C1.[Br-]. The highest BCUT2D eigenvalue weighted by Crippen LogP contribution is 2.42. The van der Waals surface area contributed by atoms with Crippen LogP contribution in [0.1, 0.15) is 44.1 Å². The highest BCUT2D eigenvalue weighted by molar-refractivity contribution is 5.81. The molecule has 2 aromatic rings. The van der Waals surface area contributed by atoms with E-state index in [-0.39, 0.29) is 29.0 Å². The molecular weight excluding hydrogens is 482 g/mol. The van der Waals surface area contributed by atoms with Crippen molar-refractivity contribution in [3.05, 3.63) is 66.2 Å². The lowest BCUT2D eigenvalue weighted by atomic mass is 9.80. The Morgan fingerprint density at radius 3 is 2.33 bits per heavy atom. The Morgan fingerprint density at radius 1 is 1.03 bits per heavy atom. The van der Waals surface area contributed by atoms with E-state index in [4.69, 9.17) is 9.47 Å². The fourth-order valence-electron chi connectivity index (χ4n) is 5.38. The summed E-state index contributed by atoms with van der Waals surface area (Å²) >= 11 is 0. The largest absolute Gasteiger partial charge is 1.00 e. The molecule has 3 atom stereocenters. The number of halogens is 1. The molecule has 2 aliphatic rings. The average Bonchev–Trinajstić information content (AvgIpc) is 3.48. The van der Waals surface area contributed by atoms with Gasteiger partial charge >= 0.3 is 5.97 Å². The zero-order chi connectivity index (χ0) is 22.4. The molecule has 33 heavy (non-hydrogen) atoms. The number of carbonyl (C=O) groups is 1. The Kier molecular flexibility index (Phi) is 8.96. The van der Waals surface area contributed by atoms with Gasteiger partial charge in [0.05, 0.1) is 26.7 Å². The first-order valence-electron chi connectivity index (χ1n) is 12.0. The second kappa shape index (κ2) is 11.5. The molecule has 0 spiro atoms. The number of likely N-dealkylation sites (N-methyl/N-ethyl adjacent to an activating group) is 1. The molecule has 1 saturated heterocycles. The molecule has 1 unspecified atom stereocenters. The zero-order valence-corrected chi connectivity index (χ0v) is 21.1. The zero-order valence-electron chi connectivity index (χ0n) is 19.5. The highest BCUT2D eigenvalue weighted by atomic mass is 79.9. The highest BCUT2D eigenvalue weighted by Gasteiger charge is 2.49. The van der Waals surface area contributed by atoms with Crippen molar-refractivity contribution in [2.45, 2.75) is 50.2 Å². The van der Waals surface area contributed by atoms with E-state index >= 15 is 0 Å². The second-order valence-corrected chi connectivity index (χ2v) is 9.69. The maximum atomic E-state index is 13.3. The Labute approximate surface area is 208 Å². The van der Waals surface area contributed by atoms with Crippen LogP contribution in [0.2, 0.25) is 0 Å². The second-order valence-electron chi connectivity index (χ2n) is 9.69. The standard InChI is InChI=1S/C27H36NO4.BrH/c1-28(18-10-20-31-24-15-6-3-7-16-24)19-17-25(21-28)32-26(29)27(30,23-13-8-9-14-23)22-11-4-2-5-12-22;/h2-7,11-12,15-16,23,25,30H,8-10,13-14,17-21H2,1H3;1H/q+1;/p-1/t25-,27+,28?;/m1./s1. The van der Waals surface area contributed by atoms with Crippen LogP contribution in [0, 0.1) is 5.92 Å². The molecule has 2 aromatic carbocycles. The lowest BCUT2D eigenvalue weighted by molar-refractivity contribution is -0.899. The number of esters is 1. The Balaban J connectivity index is 0.00000306. The van der Waals surface area contributed by atoms with E-state index in [2.05, 4.69) is 7.05 Å². The number of quaternary nitrogens is 1. The van der Waals surface area contributed by atoms with Gasteiger partial charge in [0.2, 0.25) is 0 Å². The quantitative estimate of drug-likeness (QED) is 0.309. The summed E-state index contributed by atoms with van der Waals surface area (Å²) in [5.74, 6) is 0.353. The fraction of sp³-hybridized carbons (Fsp3) is 0.519. The lowest BCUT2D eigenvalue weighted by Gasteiger charge is -2.33. The first-order valence-corrected chi connectivity index (χ1v) is 12.0. The van der Waals surface area contributed by atoms with E-state index in [1.165, 1.54) is 0 Å². The molecule has 6 heteroatoms. The predicted octanol–water partition coefficient (Wildman–Crippen LogP) is 1.30. The number of nitrogens with zero attached hydrogens (tertiary/aromatic N) is 1. The van der Waals surface area contributed by atoms with Gasteiger partial charge in [-0.15, -0.1) is 0 Å². The van der Waals surface area contributed by atoms with Crippen LogP contribution in [-0.4, -0.2) is 55.0 Å². The summed E-state index contributed by atoms with van der Waals surface area (Å²) in [6, 6.07) is 19.2. The number of carbonyl (C=O) groups excluding carboxylic acids is 1. The number of rotatable bonds is 9. The van der Waals surface area contributed by atoms with Crippen molar-refractivity contribution in [2.24, 2.45) is 5.92 Å². The van der Waals surface area contributed by atoms with E-state index in [9.17, 15) is 9.90 Å². The summed E-state index contributed by atoms with van der Waals surface area (Å²) in [7, 11) is 2.22. The molecule has 0 amide bonds. The summed E-state index contributed by atoms with van der Waals surface area (Å²) in [5, 5.41) is 11.6. The maximum Gasteiger partial charge on any atom is 0.343 e. The van der Waals surface area contributed by atoms with E-state index in [0.717, 1.165) is 68.4 Å². The lowest BCUT2D eigenvalue weighted by Crippen LogP contribution is -3.00. The molecule has 1 heterocycles. The number of aliphatic hydroxyl groups is 1. The van der Waals surface area contributed by atoms with E-state index in [0.29, 0.717) is 12.2 Å². The van der Waals surface area contributed by atoms with Crippen molar-refractivity contribution in [2.75, 3.05) is 33.3 Å². The van der Waals surface area contributed by atoms with Crippen molar-refractivity contribution in [1.82, 2.24) is 0 Å². The van der Waals surface area contributed by atoms with Gasteiger partial charge in [0.15, 0.2) is 11.7 Å². The van der Waals surface area contributed by atoms with E-state index in [1.54, 1.807) is 0 Å². The van der Waals surface area contributed by atoms with Gasteiger partial charge in [-0.3, -0.25) is 0 Å². The number of hydrogen-bond acceptors (Lipinski definition) is 4. The van der Waals surface area contributed by atoms with Gasteiger partial charge < -0.3 is 36.0 Å². The molecule has 2 fully saturated rings. The van der Waals surface area contributed by atoms with Crippen molar-refractivity contribution in [1.29, 1.82) is 0 Å². The van der Waals surface area contributed by atoms with Gasteiger partial charge in [0.1, 0.15) is 12.3 Å². The van der Waals surface area contributed by atoms with Crippen LogP contribution in [0.15, 0.2) is 60.7 Å². The smallest absolute Gasteiger partial charge is 0.343 e. The van der Waals surface area contributed by atoms with Crippen LogP contribution in [0.25, 0.3) is 0 Å². The minimum atomic E-state index is -1.55.